The highest BCUT2D eigenvalue weighted by Gasteiger charge is 2.50. The molecule has 2 aliphatic rings. The topological polar surface area (TPSA) is 73.7 Å². The first kappa shape index (κ1) is 18.8. The molecule has 1 N–H and O–H groups in total. The van der Waals surface area contributed by atoms with E-state index >= 15 is 0 Å². The zero-order valence-electron chi connectivity index (χ0n) is 16.2. The Labute approximate surface area is 155 Å². The molecule has 6 heteroatoms. The largest absolute Gasteiger partial charge is 0.391 e. The first-order valence-electron chi connectivity index (χ1n) is 9.34. The molecule has 26 heavy (non-hydrogen) atoms. The summed E-state index contributed by atoms with van der Waals surface area (Å²) in [5.74, 6) is -0.0424. The van der Waals surface area contributed by atoms with Gasteiger partial charge in [0.25, 0.3) is 5.91 Å². The van der Waals surface area contributed by atoms with Crippen molar-refractivity contribution in [1.29, 1.82) is 0 Å². The number of hydrogen-bond acceptors (Lipinski definition) is 4. The predicted molar refractivity (Wildman–Crippen MR) is 98.6 cm³/mol. The summed E-state index contributed by atoms with van der Waals surface area (Å²) in [7, 11) is 0. The number of carbonyl (C=O) groups is 2. The van der Waals surface area contributed by atoms with E-state index in [0.29, 0.717) is 31.7 Å². The standard InChI is InChI=1S/C20H29N3O3/c1-14-6-5-7-16(21-14)18(26)22-10-8-20(9-11-22)12-17(25)19(3,4)23(13-20)15(2)24/h5-7,17,25H,8-13H2,1-4H3. The first-order chi connectivity index (χ1) is 12.1. The van der Waals surface area contributed by atoms with E-state index in [2.05, 4.69) is 4.98 Å². The number of likely N-dealkylation sites (tertiary alicyclic amines) is 2. The summed E-state index contributed by atoms with van der Waals surface area (Å²) in [6.45, 7) is 9.21. The van der Waals surface area contributed by atoms with Gasteiger partial charge < -0.3 is 14.9 Å². The second-order valence-corrected chi connectivity index (χ2v) is 8.44. The molecule has 0 saturated carbocycles. The number of aliphatic hydroxyl groups excluding tert-OH is 1. The van der Waals surface area contributed by atoms with Crippen LogP contribution in [-0.4, -0.2) is 63.0 Å². The first-order valence-corrected chi connectivity index (χ1v) is 9.34. The number of nitrogens with zero attached hydrogens (tertiary/aromatic N) is 3. The van der Waals surface area contributed by atoms with Crippen LogP contribution in [0.1, 0.15) is 56.2 Å². The fourth-order valence-corrected chi connectivity index (χ4v) is 4.33. The van der Waals surface area contributed by atoms with E-state index in [1.54, 1.807) is 17.9 Å². The van der Waals surface area contributed by atoms with Crippen LogP contribution in [0.5, 0.6) is 0 Å². The highest BCUT2D eigenvalue weighted by atomic mass is 16.3. The van der Waals surface area contributed by atoms with Gasteiger partial charge in [-0.1, -0.05) is 6.07 Å². The third-order valence-corrected chi connectivity index (χ3v) is 6.23. The lowest BCUT2D eigenvalue weighted by Crippen LogP contribution is -2.64. The zero-order chi connectivity index (χ0) is 19.1. The Bertz CT molecular complexity index is 708. The van der Waals surface area contributed by atoms with Crippen molar-refractivity contribution in [3.05, 3.63) is 29.6 Å². The Morgan fingerprint density at radius 1 is 1.23 bits per heavy atom. The van der Waals surface area contributed by atoms with Crippen molar-refractivity contribution in [2.75, 3.05) is 19.6 Å². The SMILES string of the molecule is CC(=O)N1CC2(CCN(C(=O)c3cccc(C)n3)CC2)CC(O)C1(C)C. The van der Waals surface area contributed by atoms with Crippen LogP contribution in [0.2, 0.25) is 0 Å². The number of carbonyl (C=O) groups excluding carboxylic acids is 2. The normalized spacial score (nSPS) is 24.6. The lowest BCUT2D eigenvalue weighted by Gasteiger charge is -2.55. The van der Waals surface area contributed by atoms with Crippen molar-refractivity contribution < 1.29 is 14.7 Å². The molecule has 2 amide bonds. The average Bonchev–Trinajstić information content (AvgIpc) is 2.58. The summed E-state index contributed by atoms with van der Waals surface area (Å²) < 4.78 is 0. The van der Waals surface area contributed by atoms with Crippen molar-refractivity contribution in [3.8, 4) is 0 Å². The average molecular weight is 359 g/mol. The Morgan fingerprint density at radius 3 is 2.46 bits per heavy atom. The van der Waals surface area contributed by atoms with E-state index in [1.165, 1.54) is 0 Å². The number of amides is 2. The van der Waals surface area contributed by atoms with Crippen LogP contribution in [0.15, 0.2) is 18.2 Å². The Balaban J connectivity index is 1.71. The number of hydrogen-bond donors (Lipinski definition) is 1. The molecule has 142 valence electrons. The van der Waals surface area contributed by atoms with E-state index in [0.717, 1.165) is 18.5 Å². The third kappa shape index (κ3) is 3.34. The summed E-state index contributed by atoms with van der Waals surface area (Å²) in [6, 6.07) is 5.49. The van der Waals surface area contributed by atoms with Crippen molar-refractivity contribution in [1.82, 2.24) is 14.8 Å². The summed E-state index contributed by atoms with van der Waals surface area (Å²) >= 11 is 0. The van der Waals surface area contributed by atoms with Crippen molar-refractivity contribution in [2.45, 2.75) is 58.6 Å². The smallest absolute Gasteiger partial charge is 0.272 e. The molecule has 0 aliphatic carbocycles. The number of aromatic nitrogens is 1. The molecule has 2 saturated heterocycles. The van der Waals surface area contributed by atoms with Gasteiger partial charge in [0, 0.05) is 32.3 Å². The van der Waals surface area contributed by atoms with Crippen LogP contribution in [0.3, 0.4) is 0 Å². The van der Waals surface area contributed by atoms with E-state index in [-0.39, 0.29) is 17.2 Å². The minimum Gasteiger partial charge on any atom is -0.391 e. The Morgan fingerprint density at radius 2 is 1.88 bits per heavy atom. The molecule has 0 aromatic carbocycles. The summed E-state index contributed by atoms with van der Waals surface area (Å²) in [5, 5.41) is 10.7. The van der Waals surface area contributed by atoms with Gasteiger partial charge in [0.2, 0.25) is 5.91 Å². The molecule has 2 fully saturated rings. The van der Waals surface area contributed by atoms with Crippen LogP contribution in [0.4, 0.5) is 0 Å². The van der Waals surface area contributed by atoms with E-state index in [9.17, 15) is 14.7 Å². The highest BCUT2D eigenvalue weighted by Crippen LogP contribution is 2.45. The second-order valence-electron chi connectivity index (χ2n) is 8.44. The van der Waals surface area contributed by atoms with Crippen LogP contribution >= 0.6 is 0 Å². The van der Waals surface area contributed by atoms with Gasteiger partial charge in [0.1, 0.15) is 5.69 Å². The maximum absolute atomic E-state index is 12.7. The maximum Gasteiger partial charge on any atom is 0.272 e. The van der Waals surface area contributed by atoms with Crippen molar-refractivity contribution >= 4 is 11.8 Å². The van der Waals surface area contributed by atoms with Crippen LogP contribution in [-0.2, 0) is 4.79 Å². The van der Waals surface area contributed by atoms with Gasteiger partial charge in [-0.2, -0.15) is 0 Å². The maximum atomic E-state index is 12.7. The zero-order valence-corrected chi connectivity index (χ0v) is 16.2. The molecular weight excluding hydrogens is 330 g/mol. The van der Waals surface area contributed by atoms with Crippen LogP contribution in [0, 0.1) is 12.3 Å². The van der Waals surface area contributed by atoms with E-state index in [4.69, 9.17) is 0 Å². The summed E-state index contributed by atoms with van der Waals surface area (Å²) in [4.78, 5) is 32.8. The van der Waals surface area contributed by atoms with Gasteiger partial charge in [-0.05, 0) is 57.6 Å². The third-order valence-electron chi connectivity index (χ3n) is 6.23. The monoisotopic (exact) mass is 359 g/mol. The Hall–Kier alpha value is -1.95. The van der Waals surface area contributed by atoms with Gasteiger partial charge >= 0.3 is 0 Å². The van der Waals surface area contributed by atoms with Gasteiger partial charge in [-0.3, -0.25) is 9.59 Å². The van der Waals surface area contributed by atoms with Crippen LogP contribution in [0.25, 0.3) is 0 Å². The number of rotatable bonds is 1. The molecule has 1 aromatic rings. The number of aliphatic hydroxyl groups is 1. The van der Waals surface area contributed by atoms with Crippen molar-refractivity contribution in [3.63, 3.8) is 0 Å². The molecule has 6 nitrogen and oxygen atoms in total. The van der Waals surface area contributed by atoms with Gasteiger partial charge in [-0.25, -0.2) is 4.98 Å². The molecular formula is C20H29N3O3. The summed E-state index contributed by atoms with van der Waals surface area (Å²) in [5.41, 5.74) is 0.655. The van der Waals surface area contributed by atoms with Crippen LogP contribution < -0.4 is 0 Å². The second kappa shape index (κ2) is 6.65. The minimum atomic E-state index is -0.555. The Kier molecular flexibility index (Phi) is 4.82. The lowest BCUT2D eigenvalue weighted by molar-refractivity contribution is -0.156. The fourth-order valence-electron chi connectivity index (χ4n) is 4.33. The minimum absolute atomic E-state index is 0.00408. The quantitative estimate of drug-likeness (QED) is 0.832. The highest BCUT2D eigenvalue weighted by molar-refractivity contribution is 5.92. The molecule has 0 radical (unpaired) electrons. The van der Waals surface area contributed by atoms with E-state index < -0.39 is 11.6 Å². The molecule has 1 unspecified atom stereocenters. The number of pyridine rings is 1. The van der Waals surface area contributed by atoms with E-state index in [1.807, 2.05) is 37.8 Å². The molecule has 3 rings (SSSR count). The molecule has 1 atom stereocenters. The number of aryl methyl sites for hydroxylation is 1. The molecule has 0 bridgehead atoms. The fraction of sp³-hybridized carbons (Fsp3) is 0.650. The van der Waals surface area contributed by atoms with Crippen molar-refractivity contribution in [2.24, 2.45) is 5.41 Å². The lowest BCUT2D eigenvalue weighted by atomic mass is 9.67. The molecule has 3 heterocycles. The van der Waals surface area contributed by atoms with Gasteiger partial charge in [0.15, 0.2) is 0 Å². The summed E-state index contributed by atoms with van der Waals surface area (Å²) in [6.07, 6.45) is 1.71. The number of piperidine rings is 2. The molecule has 2 aliphatic heterocycles. The molecule has 1 spiro atoms. The predicted octanol–water partition coefficient (Wildman–Crippen LogP) is 2.00. The van der Waals surface area contributed by atoms with Gasteiger partial charge in [-0.15, -0.1) is 0 Å². The van der Waals surface area contributed by atoms with Gasteiger partial charge in [0.05, 0.1) is 11.6 Å². The molecule has 1 aromatic heterocycles.